The van der Waals surface area contributed by atoms with Gasteiger partial charge >= 0.3 is 0 Å². The van der Waals surface area contributed by atoms with Crippen LogP contribution in [0.2, 0.25) is 0 Å². The van der Waals surface area contributed by atoms with E-state index in [4.69, 9.17) is 38.9 Å². The lowest BCUT2D eigenvalue weighted by molar-refractivity contribution is 0.292. The van der Waals surface area contributed by atoms with Crippen molar-refractivity contribution < 1.29 is 18.9 Å². The minimum atomic E-state index is -0.0146. The monoisotopic (exact) mass is 1180 g/mol. The summed E-state index contributed by atoms with van der Waals surface area (Å²) in [6.45, 7) is 11.0. The highest BCUT2D eigenvalue weighted by Crippen LogP contribution is 2.41. The molecule has 10 aromatic carbocycles. The number of anilines is 8. The fourth-order valence-electron chi connectivity index (χ4n) is 11.5. The number of hydrogen-bond donors (Lipinski definition) is 4. The predicted octanol–water partition coefficient (Wildman–Crippen LogP) is 18.3. The highest BCUT2D eigenvalue weighted by atomic mass is 16.5. The van der Waals surface area contributed by atoms with Gasteiger partial charge in [0, 0.05) is 45.0 Å². The molecule has 0 amide bonds. The molecule has 0 saturated carbocycles. The van der Waals surface area contributed by atoms with Crippen LogP contribution in [0.25, 0.3) is 22.3 Å². The van der Waals surface area contributed by atoms with Crippen molar-refractivity contribution in [1.29, 1.82) is 0 Å². The number of rotatable bonds is 18. The molecule has 0 saturated heterocycles. The minimum Gasteiger partial charge on any atom is -0.475 e. The van der Waals surface area contributed by atoms with Gasteiger partial charge in [0.05, 0.1) is 57.1 Å². The lowest BCUT2D eigenvalue weighted by atomic mass is 10.0. The van der Waals surface area contributed by atoms with Gasteiger partial charge in [0.2, 0.25) is 23.6 Å². The molecule has 0 aliphatic carbocycles. The zero-order valence-corrected chi connectivity index (χ0v) is 51.0. The molecule has 10 aromatic rings. The second-order valence-electron chi connectivity index (χ2n) is 23.3. The molecule has 90 heavy (non-hydrogen) atoms. The number of hydrogen-bond acceptors (Lipinski definition) is 12. The highest BCUT2D eigenvalue weighted by molar-refractivity contribution is 6.05. The van der Waals surface area contributed by atoms with E-state index in [1.165, 1.54) is 0 Å². The molecule has 0 radical (unpaired) electrons. The highest BCUT2D eigenvalue weighted by Gasteiger charge is 2.29. The average Bonchev–Trinajstić information content (AvgIpc) is 1.47. The lowest BCUT2D eigenvalue weighted by Crippen LogP contribution is -2.13. The summed E-state index contributed by atoms with van der Waals surface area (Å²) < 4.78 is 24.4. The molecule has 4 atom stereocenters. The molecule has 4 N–H and O–H groups in total. The SMILES string of the molecule is CC(C)[C@H]1COC(c2ccccc2Nc2ccccc2-c2ccccc2Nc2ccccc2C2=N[C@H](c3ccccc3)CO2)=N1.CC(C)[C@H]1COC(c2ccccc2Nc2ccccc2-c2ccccc2Nc2ccccc2C2=N[C@H](c3ccccc3)CO2)=N1. The smallest absolute Gasteiger partial charge is 0.219 e. The first-order chi connectivity index (χ1) is 44.3. The van der Waals surface area contributed by atoms with Crippen molar-refractivity contribution in [3.63, 3.8) is 0 Å². The third kappa shape index (κ3) is 13.1. The predicted molar refractivity (Wildman–Crippen MR) is 368 cm³/mol. The Labute approximate surface area is 527 Å². The molecule has 4 aliphatic heterocycles. The van der Waals surface area contributed by atoms with E-state index < -0.39 is 0 Å². The topological polar surface area (TPSA) is 134 Å². The molecule has 0 unspecified atom stereocenters. The van der Waals surface area contributed by atoms with E-state index >= 15 is 0 Å². The second-order valence-corrected chi connectivity index (χ2v) is 23.3. The van der Waals surface area contributed by atoms with Crippen LogP contribution in [-0.4, -0.2) is 62.1 Å². The Morgan fingerprint density at radius 1 is 0.256 bits per heavy atom. The summed E-state index contributed by atoms with van der Waals surface area (Å²) >= 11 is 0. The van der Waals surface area contributed by atoms with E-state index in [1.54, 1.807) is 0 Å². The van der Waals surface area contributed by atoms with Crippen molar-refractivity contribution in [2.75, 3.05) is 47.7 Å². The van der Waals surface area contributed by atoms with E-state index in [1.807, 2.05) is 84.9 Å². The van der Waals surface area contributed by atoms with E-state index in [9.17, 15) is 0 Å². The van der Waals surface area contributed by atoms with Crippen LogP contribution in [0.15, 0.2) is 275 Å². The van der Waals surface area contributed by atoms with Crippen LogP contribution in [0.5, 0.6) is 0 Å². The van der Waals surface area contributed by atoms with Crippen molar-refractivity contribution in [3.8, 4) is 22.3 Å². The summed E-state index contributed by atoms with van der Waals surface area (Å²) in [6.07, 6.45) is 0. The average molecular weight is 1190 g/mol. The van der Waals surface area contributed by atoms with Crippen LogP contribution >= 0.6 is 0 Å². The largest absolute Gasteiger partial charge is 0.475 e. The van der Waals surface area contributed by atoms with Gasteiger partial charge in [-0.1, -0.05) is 210 Å². The van der Waals surface area contributed by atoms with E-state index in [-0.39, 0.29) is 24.2 Å². The third-order valence-electron chi connectivity index (χ3n) is 16.6. The molecule has 4 heterocycles. The fourth-order valence-corrected chi connectivity index (χ4v) is 11.5. The van der Waals surface area contributed by atoms with Crippen LogP contribution in [-0.2, 0) is 18.9 Å². The quantitative estimate of drug-likeness (QED) is 0.0667. The van der Waals surface area contributed by atoms with Gasteiger partial charge in [0.25, 0.3) is 0 Å². The van der Waals surface area contributed by atoms with Gasteiger partial charge in [-0.2, -0.15) is 0 Å². The Bertz CT molecular complexity index is 4000. The van der Waals surface area contributed by atoms with Crippen molar-refractivity contribution in [2.24, 2.45) is 31.8 Å². The molecular formula is C78H72N8O4. The summed E-state index contributed by atoms with van der Waals surface area (Å²) in [7, 11) is 0. The zero-order valence-electron chi connectivity index (χ0n) is 51.0. The Kier molecular flexibility index (Phi) is 17.6. The molecule has 0 fully saturated rings. The minimum absolute atomic E-state index is 0.0146. The molecular weight excluding hydrogens is 1110 g/mol. The molecule has 14 rings (SSSR count). The molecule has 12 nitrogen and oxygen atoms in total. The summed E-state index contributed by atoms with van der Waals surface area (Å²) in [5.41, 5.74) is 18.1. The fraction of sp³-hybridized carbons (Fsp3) is 0.179. The normalized spacial score (nSPS) is 17.3. The second kappa shape index (κ2) is 27.1. The Morgan fingerprint density at radius 2 is 0.467 bits per heavy atom. The van der Waals surface area contributed by atoms with E-state index in [0.29, 0.717) is 61.9 Å². The van der Waals surface area contributed by atoms with E-state index in [2.05, 4.69) is 219 Å². The standard InChI is InChI=1S/2C39H36N4O2/c2*1-26(2)36-24-44-38(42-36)30-18-8-12-22-34(30)40-32-20-10-6-16-28(32)29-17-7-11-21-33(29)41-35-23-13-9-19-31(35)39-43-37(25-45-39)27-14-4-3-5-15-27/h2*3-23,26,36-37,40-41H,24-25H2,1-2H3/t2*36-,37+/m11/s1. The Hall–Kier alpha value is -10.7. The van der Waals surface area contributed by atoms with Crippen molar-refractivity contribution >= 4 is 69.1 Å². The molecule has 0 spiro atoms. The summed E-state index contributed by atoms with van der Waals surface area (Å²) in [4.78, 5) is 19.7. The van der Waals surface area contributed by atoms with Crippen molar-refractivity contribution in [1.82, 2.24) is 0 Å². The maximum absolute atomic E-state index is 6.14. The number of nitrogens with one attached hydrogen (secondary N) is 4. The lowest BCUT2D eigenvalue weighted by Gasteiger charge is -2.19. The van der Waals surface area contributed by atoms with Gasteiger partial charge in [-0.3, -0.25) is 0 Å². The maximum atomic E-state index is 6.14. The van der Waals surface area contributed by atoms with Gasteiger partial charge in [0.15, 0.2) is 0 Å². The summed E-state index contributed by atoms with van der Waals surface area (Å²) in [6, 6.07) is 87.2. The zero-order chi connectivity index (χ0) is 61.2. The number of para-hydroxylation sites is 8. The van der Waals surface area contributed by atoms with Crippen LogP contribution in [0.4, 0.5) is 45.5 Å². The van der Waals surface area contributed by atoms with Crippen LogP contribution in [0.3, 0.4) is 0 Å². The molecule has 4 aliphatic rings. The molecule has 0 bridgehead atoms. The summed E-state index contributed by atoms with van der Waals surface area (Å²) in [5.74, 6) is 3.55. The molecule has 448 valence electrons. The van der Waals surface area contributed by atoms with Gasteiger partial charge in [-0.05, 0) is 95.8 Å². The molecule has 12 heteroatoms. The van der Waals surface area contributed by atoms with Gasteiger partial charge in [0.1, 0.15) is 38.5 Å². The third-order valence-corrected chi connectivity index (χ3v) is 16.6. The first kappa shape index (κ1) is 58.3. The number of aliphatic imine (C=N–C) groups is 4. The maximum Gasteiger partial charge on any atom is 0.219 e. The first-order valence-corrected chi connectivity index (χ1v) is 31.0. The Balaban J connectivity index is 0.000000165. The van der Waals surface area contributed by atoms with Gasteiger partial charge in [-0.15, -0.1) is 0 Å². The van der Waals surface area contributed by atoms with Crippen LogP contribution < -0.4 is 21.3 Å². The number of benzene rings is 10. The number of ether oxygens (including phenoxy) is 4. The van der Waals surface area contributed by atoms with E-state index in [0.717, 1.165) is 101 Å². The van der Waals surface area contributed by atoms with Crippen LogP contribution in [0, 0.1) is 11.8 Å². The van der Waals surface area contributed by atoms with Gasteiger partial charge < -0.3 is 40.2 Å². The molecule has 0 aromatic heterocycles. The van der Waals surface area contributed by atoms with Crippen molar-refractivity contribution in [2.45, 2.75) is 51.9 Å². The van der Waals surface area contributed by atoms with Crippen molar-refractivity contribution in [3.05, 3.63) is 288 Å². The number of nitrogens with zero attached hydrogens (tertiary/aromatic N) is 4. The van der Waals surface area contributed by atoms with Crippen LogP contribution in [0.1, 0.15) is 73.2 Å². The Morgan fingerprint density at radius 3 is 0.722 bits per heavy atom. The van der Waals surface area contributed by atoms with Gasteiger partial charge in [-0.25, -0.2) is 20.0 Å². The first-order valence-electron chi connectivity index (χ1n) is 31.0. The summed E-state index contributed by atoms with van der Waals surface area (Å²) in [5, 5.41) is 14.8.